The average Bonchev–Trinajstić information content (AvgIpc) is 2.75. The van der Waals surface area contributed by atoms with Gasteiger partial charge in [-0.1, -0.05) is 47.0 Å². The molecule has 1 unspecified atom stereocenters. The standard InChI is InChI=1S/C17H30N2O2/c1-5-7-8-14(6-2)12-19-15(9-13(3)4)11-18-16(19)10-17(20)21/h11,13-14H,5-10,12H2,1-4H3,(H,20,21). The second-order valence-corrected chi connectivity index (χ2v) is 6.36. The number of nitrogens with zero attached hydrogens (tertiary/aromatic N) is 2. The van der Waals surface area contributed by atoms with Crippen molar-refractivity contribution in [2.75, 3.05) is 0 Å². The summed E-state index contributed by atoms with van der Waals surface area (Å²) < 4.78 is 2.16. The number of hydrogen-bond acceptors (Lipinski definition) is 2. The van der Waals surface area contributed by atoms with Crippen molar-refractivity contribution in [1.82, 2.24) is 9.55 Å². The zero-order valence-corrected chi connectivity index (χ0v) is 13.9. The van der Waals surface area contributed by atoms with E-state index in [1.165, 1.54) is 25.0 Å². The van der Waals surface area contributed by atoms with Crippen LogP contribution in [0.3, 0.4) is 0 Å². The molecule has 0 spiro atoms. The fourth-order valence-electron chi connectivity index (χ4n) is 2.71. The Morgan fingerprint density at radius 3 is 2.62 bits per heavy atom. The zero-order valence-electron chi connectivity index (χ0n) is 13.9. The molecule has 1 aromatic rings. The van der Waals surface area contributed by atoms with Crippen LogP contribution in [0.4, 0.5) is 0 Å². The van der Waals surface area contributed by atoms with Gasteiger partial charge >= 0.3 is 5.97 Å². The molecule has 0 aliphatic carbocycles. The van der Waals surface area contributed by atoms with Crippen molar-refractivity contribution in [3.8, 4) is 0 Å². The van der Waals surface area contributed by atoms with Crippen LogP contribution in [0.1, 0.15) is 64.9 Å². The number of imidazole rings is 1. The largest absolute Gasteiger partial charge is 0.481 e. The second kappa shape index (κ2) is 8.85. The number of hydrogen-bond donors (Lipinski definition) is 1. The van der Waals surface area contributed by atoms with E-state index in [9.17, 15) is 4.79 Å². The van der Waals surface area contributed by atoms with Gasteiger partial charge in [-0.15, -0.1) is 0 Å². The van der Waals surface area contributed by atoms with Gasteiger partial charge in [-0.25, -0.2) is 4.98 Å². The third-order valence-corrected chi connectivity index (χ3v) is 3.93. The number of aliphatic carboxylic acids is 1. The molecule has 0 saturated carbocycles. The number of carboxylic acids is 1. The number of aromatic nitrogens is 2. The highest BCUT2D eigenvalue weighted by Gasteiger charge is 2.17. The van der Waals surface area contributed by atoms with E-state index in [0.717, 1.165) is 19.4 Å². The summed E-state index contributed by atoms with van der Waals surface area (Å²) >= 11 is 0. The summed E-state index contributed by atoms with van der Waals surface area (Å²) in [6, 6.07) is 0. The van der Waals surface area contributed by atoms with Gasteiger partial charge in [-0.2, -0.15) is 0 Å². The summed E-state index contributed by atoms with van der Waals surface area (Å²) in [5.74, 6) is 1.05. The predicted octanol–water partition coefficient (Wildman–Crippen LogP) is 3.93. The molecule has 0 fully saturated rings. The van der Waals surface area contributed by atoms with Gasteiger partial charge in [0.1, 0.15) is 12.2 Å². The maximum atomic E-state index is 11.0. The topological polar surface area (TPSA) is 55.1 Å². The average molecular weight is 294 g/mol. The number of rotatable bonds is 10. The number of unbranched alkanes of at least 4 members (excludes halogenated alkanes) is 1. The molecule has 1 rings (SSSR count). The van der Waals surface area contributed by atoms with Crippen molar-refractivity contribution in [2.24, 2.45) is 11.8 Å². The first kappa shape index (κ1) is 17.7. The Kier molecular flexibility index (Phi) is 7.48. The molecule has 21 heavy (non-hydrogen) atoms. The van der Waals surface area contributed by atoms with Crippen LogP contribution in [0, 0.1) is 11.8 Å². The lowest BCUT2D eigenvalue weighted by atomic mass is 9.98. The molecule has 1 atom stereocenters. The van der Waals surface area contributed by atoms with E-state index in [-0.39, 0.29) is 6.42 Å². The molecular weight excluding hydrogens is 264 g/mol. The molecule has 0 radical (unpaired) electrons. The van der Waals surface area contributed by atoms with Gasteiger partial charge < -0.3 is 9.67 Å². The van der Waals surface area contributed by atoms with Gasteiger partial charge in [0.25, 0.3) is 0 Å². The van der Waals surface area contributed by atoms with Gasteiger partial charge in [0.05, 0.1) is 0 Å². The van der Waals surface area contributed by atoms with Crippen molar-refractivity contribution in [3.05, 3.63) is 17.7 Å². The molecule has 1 N–H and O–H groups in total. The Labute approximate surface area is 128 Å². The van der Waals surface area contributed by atoms with E-state index in [1.54, 1.807) is 0 Å². The van der Waals surface area contributed by atoms with Crippen LogP contribution in [0.5, 0.6) is 0 Å². The molecule has 120 valence electrons. The molecule has 1 aromatic heterocycles. The van der Waals surface area contributed by atoms with Gasteiger partial charge in [0, 0.05) is 18.4 Å². The molecule has 0 aromatic carbocycles. The quantitative estimate of drug-likeness (QED) is 0.711. The van der Waals surface area contributed by atoms with E-state index in [2.05, 4.69) is 37.2 Å². The number of carboxylic acid groups (broad SMARTS) is 1. The molecule has 0 aliphatic rings. The lowest BCUT2D eigenvalue weighted by molar-refractivity contribution is -0.136. The minimum atomic E-state index is -0.806. The third-order valence-electron chi connectivity index (χ3n) is 3.93. The predicted molar refractivity (Wildman–Crippen MR) is 85.4 cm³/mol. The molecule has 0 amide bonds. The van der Waals surface area contributed by atoms with Crippen molar-refractivity contribution < 1.29 is 9.90 Å². The van der Waals surface area contributed by atoms with Crippen LogP contribution in [0.2, 0.25) is 0 Å². The van der Waals surface area contributed by atoms with Gasteiger partial charge in [-0.3, -0.25) is 4.79 Å². The van der Waals surface area contributed by atoms with Crippen molar-refractivity contribution in [2.45, 2.75) is 72.8 Å². The van der Waals surface area contributed by atoms with E-state index in [1.807, 2.05) is 6.20 Å². The molecule has 1 heterocycles. The smallest absolute Gasteiger partial charge is 0.311 e. The van der Waals surface area contributed by atoms with Crippen LogP contribution in [0.15, 0.2) is 6.20 Å². The van der Waals surface area contributed by atoms with Crippen molar-refractivity contribution in [3.63, 3.8) is 0 Å². The Morgan fingerprint density at radius 1 is 1.38 bits per heavy atom. The highest BCUT2D eigenvalue weighted by molar-refractivity contribution is 5.69. The summed E-state index contributed by atoms with van der Waals surface area (Å²) in [6.45, 7) is 9.70. The second-order valence-electron chi connectivity index (χ2n) is 6.36. The van der Waals surface area contributed by atoms with Gasteiger partial charge in [0.2, 0.25) is 0 Å². The first-order valence-electron chi connectivity index (χ1n) is 8.22. The van der Waals surface area contributed by atoms with E-state index < -0.39 is 5.97 Å². The Hall–Kier alpha value is -1.32. The Morgan fingerprint density at radius 2 is 2.10 bits per heavy atom. The van der Waals surface area contributed by atoms with E-state index in [4.69, 9.17) is 5.11 Å². The SMILES string of the molecule is CCCCC(CC)Cn1c(CC(C)C)cnc1CC(=O)O. The first-order valence-corrected chi connectivity index (χ1v) is 8.22. The molecule has 4 nitrogen and oxygen atoms in total. The molecule has 4 heteroatoms. The summed E-state index contributed by atoms with van der Waals surface area (Å²) in [4.78, 5) is 15.4. The monoisotopic (exact) mass is 294 g/mol. The molecule has 0 bridgehead atoms. The maximum absolute atomic E-state index is 11.0. The summed E-state index contributed by atoms with van der Waals surface area (Å²) in [5, 5.41) is 9.06. The highest BCUT2D eigenvalue weighted by Crippen LogP contribution is 2.19. The molecule has 0 aliphatic heterocycles. The van der Waals surface area contributed by atoms with Crippen LogP contribution in [-0.2, 0) is 24.2 Å². The minimum absolute atomic E-state index is 0.0162. The highest BCUT2D eigenvalue weighted by atomic mass is 16.4. The fourth-order valence-corrected chi connectivity index (χ4v) is 2.71. The van der Waals surface area contributed by atoms with Crippen molar-refractivity contribution >= 4 is 5.97 Å². The summed E-state index contributed by atoms with van der Waals surface area (Å²) in [6.07, 6.45) is 7.62. The lowest BCUT2D eigenvalue weighted by Crippen LogP contribution is -2.18. The Bertz CT molecular complexity index is 438. The molecular formula is C17H30N2O2. The number of carbonyl (C=O) groups is 1. The zero-order chi connectivity index (χ0) is 15.8. The van der Waals surface area contributed by atoms with E-state index >= 15 is 0 Å². The van der Waals surface area contributed by atoms with Crippen molar-refractivity contribution in [1.29, 1.82) is 0 Å². The van der Waals surface area contributed by atoms with Crippen LogP contribution in [0.25, 0.3) is 0 Å². The third kappa shape index (κ3) is 5.90. The van der Waals surface area contributed by atoms with Crippen LogP contribution in [-0.4, -0.2) is 20.6 Å². The molecule has 0 saturated heterocycles. The lowest BCUT2D eigenvalue weighted by Gasteiger charge is -2.19. The van der Waals surface area contributed by atoms with Crippen LogP contribution < -0.4 is 0 Å². The summed E-state index contributed by atoms with van der Waals surface area (Å²) in [7, 11) is 0. The first-order chi connectivity index (χ1) is 9.97. The fraction of sp³-hybridized carbons (Fsp3) is 0.765. The van der Waals surface area contributed by atoms with Crippen LogP contribution >= 0.6 is 0 Å². The Balaban J connectivity index is 2.92. The van der Waals surface area contributed by atoms with Gasteiger partial charge in [-0.05, 0) is 24.7 Å². The summed E-state index contributed by atoms with van der Waals surface area (Å²) in [5.41, 5.74) is 1.18. The van der Waals surface area contributed by atoms with Gasteiger partial charge in [0.15, 0.2) is 0 Å². The van der Waals surface area contributed by atoms with E-state index in [0.29, 0.717) is 17.7 Å². The normalized spacial score (nSPS) is 12.8. The minimum Gasteiger partial charge on any atom is -0.481 e. The maximum Gasteiger partial charge on any atom is 0.311 e.